The van der Waals surface area contributed by atoms with Gasteiger partial charge in [-0.2, -0.15) is 5.10 Å². The van der Waals surface area contributed by atoms with Gasteiger partial charge in [0.05, 0.1) is 30.0 Å². The summed E-state index contributed by atoms with van der Waals surface area (Å²) in [7, 11) is 1.14. The topological polar surface area (TPSA) is 106 Å². The highest BCUT2D eigenvalue weighted by molar-refractivity contribution is 7.85. The van der Waals surface area contributed by atoms with Gasteiger partial charge in [-0.1, -0.05) is 0 Å². The van der Waals surface area contributed by atoms with Crippen molar-refractivity contribution in [3.8, 4) is 17.2 Å². The molecule has 1 amide bonds. The van der Waals surface area contributed by atoms with Gasteiger partial charge in [-0.3, -0.25) is 13.7 Å². The second-order valence-electron chi connectivity index (χ2n) is 7.38. The highest BCUT2D eigenvalue weighted by Crippen LogP contribution is 2.30. The second-order valence-corrected chi connectivity index (χ2v) is 9.08. The largest absolute Gasteiger partial charge is 0.491 e. The summed E-state index contributed by atoms with van der Waals surface area (Å²) in [6.45, 7) is 0.922. The van der Waals surface area contributed by atoms with Crippen molar-refractivity contribution in [2.24, 2.45) is 12.8 Å². The van der Waals surface area contributed by atoms with Gasteiger partial charge in [-0.25, -0.2) is 0 Å². The van der Waals surface area contributed by atoms with Crippen molar-refractivity contribution in [1.29, 1.82) is 0 Å². The molecule has 0 atom stereocenters. The lowest BCUT2D eigenvalue weighted by Gasteiger charge is -2.21. The molecule has 2 aromatic carbocycles. The Hall–Kier alpha value is -2.91. The maximum absolute atomic E-state index is 11.9. The fourth-order valence-electron chi connectivity index (χ4n) is 3.50. The Kier molecular flexibility index (Phi) is 6.53. The number of nitrogens with zero attached hydrogens (tertiary/aromatic N) is 2. The van der Waals surface area contributed by atoms with Crippen LogP contribution in [-0.2, 0) is 22.6 Å². The Bertz CT molecular complexity index is 1090. The molecule has 1 fully saturated rings. The molecule has 31 heavy (non-hydrogen) atoms. The van der Waals surface area contributed by atoms with E-state index >= 15 is 0 Å². The van der Waals surface area contributed by atoms with E-state index in [2.05, 4.69) is 5.10 Å². The lowest BCUT2D eigenvalue weighted by atomic mass is 10.1. The lowest BCUT2D eigenvalue weighted by molar-refractivity contribution is 0.0290. The SMILES string of the molecule is Cn1ncc2cc(C(N)=O)c(Oc3ccc(OCCOC4CCS(=O)CC4)cc3)cc21. The van der Waals surface area contributed by atoms with Gasteiger partial charge in [0.2, 0.25) is 0 Å². The summed E-state index contributed by atoms with van der Waals surface area (Å²) in [5.41, 5.74) is 6.66. The molecule has 0 saturated carbocycles. The molecule has 0 unspecified atom stereocenters. The lowest BCUT2D eigenvalue weighted by Crippen LogP contribution is -2.26. The van der Waals surface area contributed by atoms with Gasteiger partial charge in [0.1, 0.15) is 23.9 Å². The minimum atomic E-state index is -0.679. The van der Waals surface area contributed by atoms with Gasteiger partial charge in [-0.15, -0.1) is 0 Å². The molecular formula is C22H25N3O5S. The van der Waals surface area contributed by atoms with Crippen LogP contribution in [-0.4, -0.2) is 50.7 Å². The number of carbonyl (C=O) groups excluding carboxylic acids is 1. The van der Waals surface area contributed by atoms with Crippen molar-refractivity contribution in [3.63, 3.8) is 0 Å². The first-order valence-electron chi connectivity index (χ1n) is 10.1. The van der Waals surface area contributed by atoms with E-state index in [9.17, 15) is 9.00 Å². The number of hydrogen-bond donors (Lipinski definition) is 1. The zero-order valence-electron chi connectivity index (χ0n) is 17.3. The Morgan fingerprint density at radius 2 is 1.87 bits per heavy atom. The van der Waals surface area contributed by atoms with E-state index < -0.39 is 16.7 Å². The maximum atomic E-state index is 11.9. The predicted molar refractivity (Wildman–Crippen MR) is 118 cm³/mol. The molecule has 9 heteroatoms. The number of benzene rings is 2. The van der Waals surface area contributed by atoms with Gasteiger partial charge in [-0.05, 0) is 43.2 Å². The molecule has 1 saturated heterocycles. The molecular weight excluding hydrogens is 418 g/mol. The van der Waals surface area contributed by atoms with Crippen LogP contribution in [0.4, 0.5) is 0 Å². The molecule has 1 aliphatic rings. The van der Waals surface area contributed by atoms with Crippen LogP contribution in [0.15, 0.2) is 42.6 Å². The fourth-order valence-corrected chi connectivity index (χ4v) is 4.76. The molecule has 3 aromatic rings. The molecule has 2 N–H and O–H groups in total. The predicted octanol–water partition coefficient (Wildman–Crippen LogP) is 2.77. The number of aryl methyl sites for hydroxylation is 1. The van der Waals surface area contributed by atoms with E-state index in [0.717, 1.165) is 35.3 Å². The van der Waals surface area contributed by atoms with E-state index in [0.29, 0.717) is 36.0 Å². The maximum Gasteiger partial charge on any atom is 0.252 e. The summed E-state index contributed by atoms with van der Waals surface area (Å²) in [4.78, 5) is 11.9. The number of amides is 1. The number of carbonyl (C=O) groups is 1. The molecule has 164 valence electrons. The molecule has 8 nitrogen and oxygen atoms in total. The van der Waals surface area contributed by atoms with Gasteiger partial charge in [0.15, 0.2) is 0 Å². The van der Waals surface area contributed by atoms with Crippen LogP contribution in [0, 0.1) is 0 Å². The van der Waals surface area contributed by atoms with Crippen LogP contribution < -0.4 is 15.2 Å². The van der Waals surface area contributed by atoms with Crippen LogP contribution in [0.25, 0.3) is 10.9 Å². The molecule has 0 spiro atoms. The molecule has 0 aliphatic carbocycles. The van der Waals surface area contributed by atoms with Crippen molar-refractivity contribution in [1.82, 2.24) is 9.78 Å². The quantitative estimate of drug-likeness (QED) is 0.537. The number of nitrogens with two attached hydrogens (primary N) is 1. The zero-order chi connectivity index (χ0) is 21.8. The highest BCUT2D eigenvalue weighted by atomic mass is 32.2. The minimum absolute atomic E-state index is 0.174. The van der Waals surface area contributed by atoms with Gasteiger partial charge in [0.25, 0.3) is 5.91 Å². The Morgan fingerprint density at radius 1 is 1.16 bits per heavy atom. The summed E-state index contributed by atoms with van der Waals surface area (Å²) in [5, 5.41) is 5.01. The Morgan fingerprint density at radius 3 is 2.58 bits per heavy atom. The first-order valence-corrected chi connectivity index (χ1v) is 11.6. The summed E-state index contributed by atoms with van der Waals surface area (Å²) in [5.74, 6) is 2.50. The van der Waals surface area contributed by atoms with E-state index in [1.165, 1.54) is 0 Å². The van der Waals surface area contributed by atoms with Gasteiger partial charge >= 0.3 is 0 Å². The van der Waals surface area contributed by atoms with Crippen molar-refractivity contribution in [3.05, 3.63) is 48.2 Å². The average Bonchev–Trinajstić information content (AvgIpc) is 3.13. The minimum Gasteiger partial charge on any atom is -0.491 e. The molecule has 0 bridgehead atoms. The third-order valence-corrected chi connectivity index (χ3v) is 6.59. The summed E-state index contributed by atoms with van der Waals surface area (Å²) in [6.07, 6.45) is 3.54. The van der Waals surface area contributed by atoms with Crippen LogP contribution in [0.1, 0.15) is 23.2 Å². The van der Waals surface area contributed by atoms with Crippen LogP contribution >= 0.6 is 0 Å². The fraction of sp³-hybridized carbons (Fsp3) is 0.364. The number of primary amides is 1. The number of aromatic nitrogens is 2. The molecule has 0 radical (unpaired) electrons. The monoisotopic (exact) mass is 443 g/mol. The normalized spacial score (nSPS) is 18.7. The van der Waals surface area contributed by atoms with E-state index in [1.807, 2.05) is 7.05 Å². The zero-order valence-corrected chi connectivity index (χ0v) is 18.1. The molecule has 4 rings (SSSR count). The van der Waals surface area contributed by atoms with Gasteiger partial charge < -0.3 is 19.9 Å². The van der Waals surface area contributed by atoms with Gasteiger partial charge in [0, 0.05) is 40.8 Å². The van der Waals surface area contributed by atoms with Crippen LogP contribution in [0.3, 0.4) is 0 Å². The van der Waals surface area contributed by atoms with Crippen molar-refractivity contribution in [2.75, 3.05) is 24.7 Å². The number of ether oxygens (including phenoxy) is 3. The number of rotatable bonds is 8. The summed E-state index contributed by atoms with van der Waals surface area (Å²) < 4.78 is 30.5. The standard InChI is InChI=1S/C22H25N3O5S/c1-25-20-13-21(19(22(23)26)12-15(20)14-24-25)30-18-4-2-16(3-5-18)28-8-9-29-17-6-10-31(27)11-7-17/h2-5,12-14,17H,6-11H2,1H3,(H2,23,26). The van der Waals surface area contributed by atoms with Crippen molar-refractivity contribution < 1.29 is 23.2 Å². The number of hydrogen-bond acceptors (Lipinski definition) is 6. The smallest absolute Gasteiger partial charge is 0.252 e. The third-order valence-electron chi connectivity index (χ3n) is 5.21. The summed E-state index contributed by atoms with van der Waals surface area (Å²) >= 11 is 0. The first-order chi connectivity index (χ1) is 15.0. The second kappa shape index (κ2) is 9.49. The molecule has 2 heterocycles. The first kappa shape index (κ1) is 21.3. The van der Waals surface area contributed by atoms with E-state index in [-0.39, 0.29) is 6.10 Å². The van der Waals surface area contributed by atoms with Crippen LogP contribution in [0.5, 0.6) is 17.2 Å². The molecule has 1 aliphatic heterocycles. The molecule has 1 aromatic heterocycles. The summed E-state index contributed by atoms with van der Waals surface area (Å²) in [6, 6.07) is 10.6. The van der Waals surface area contributed by atoms with E-state index in [1.54, 1.807) is 47.3 Å². The van der Waals surface area contributed by atoms with E-state index in [4.69, 9.17) is 19.9 Å². The van der Waals surface area contributed by atoms with Crippen molar-refractivity contribution >= 4 is 27.6 Å². The Labute approximate surface area is 182 Å². The van der Waals surface area contributed by atoms with Crippen molar-refractivity contribution in [2.45, 2.75) is 18.9 Å². The highest BCUT2D eigenvalue weighted by Gasteiger charge is 2.18. The Balaban J connectivity index is 1.34. The average molecular weight is 444 g/mol. The number of fused-ring (bicyclic) bond motifs is 1. The third kappa shape index (κ3) is 5.23. The van der Waals surface area contributed by atoms with Crippen LogP contribution in [0.2, 0.25) is 0 Å².